The summed E-state index contributed by atoms with van der Waals surface area (Å²) in [6.45, 7) is 1.68. The molecular formula is C28H26N2O3S. The number of rotatable bonds is 8. The van der Waals surface area contributed by atoms with E-state index in [0.717, 1.165) is 27.4 Å². The molecule has 0 spiro atoms. The zero-order chi connectivity index (χ0) is 24.0. The molecule has 0 aliphatic heterocycles. The number of anilines is 2. The maximum atomic E-state index is 13.5. The van der Waals surface area contributed by atoms with E-state index in [-0.39, 0.29) is 11.4 Å². The SMILES string of the molecule is CCc1ccc(N(CC(=O)Nc2ccccc2-c2ccccc2)S(=O)(=O)c2ccccc2)cc1. The highest BCUT2D eigenvalue weighted by atomic mass is 32.2. The second kappa shape index (κ2) is 10.4. The van der Waals surface area contributed by atoms with E-state index in [1.165, 1.54) is 12.1 Å². The topological polar surface area (TPSA) is 66.5 Å². The van der Waals surface area contributed by atoms with Crippen LogP contribution in [0.5, 0.6) is 0 Å². The minimum atomic E-state index is -3.95. The van der Waals surface area contributed by atoms with Crippen LogP contribution in [-0.4, -0.2) is 20.9 Å². The summed E-state index contributed by atoms with van der Waals surface area (Å²) in [5.74, 6) is -0.428. The standard InChI is InChI=1S/C28H26N2O3S/c1-2-22-17-19-24(20-18-22)30(34(32,33)25-13-7-4-8-14-25)21-28(31)29-27-16-10-9-15-26(27)23-11-5-3-6-12-23/h3-20H,2,21H2,1H3,(H,29,31). The van der Waals surface area contributed by atoms with Crippen molar-refractivity contribution in [2.24, 2.45) is 0 Å². The summed E-state index contributed by atoms with van der Waals surface area (Å²) in [4.78, 5) is 13.3. The molecule has 0 unspecified atom stereocenters. The van der Waals surface area contributed by atoms with Gasteiger partial charge in [-0.1, -0.05) is 85.8 Å². The van der Waals surface area contributed by atoms with Gasteiger partial charge in [-0.2, -0.15) is 0 Å². The van der Waals surface area contributed by atoms with Gasteiger partial charge in [0.1, 0.15) is 6.54 Å². The first-order chi connectivity index (χ1) is 16.5. The molecule has 0 aromatic heterocycles. The van der Waals surface area contributed by atoms with Gasteiger partial charge in [0.25, 0.3) is 10.0 Å². The van der Waals surface area contributed by atoms with E-state index in [4.69, 9.17) is 0 Å². The molecule has 172 valence electrons. The van der Waals surface area contributed by atoms with Gasteiger partial charge in [0.2, 0.25) is 5.91 Å². The van der Waals surface area contributed by atoms with Gasteiger partial charge in [0.05, 0.1) is 10.6 Å². The summed E-state index contributed by atoms with van der Waals surface area (Å²) in [6.07, 6.45) is 0.836. The van der Waals surface area contributed by atoms with Gasteiger partial charge in [-0.15, -0.1) is 0 Å². The fourth-order valence-corrected chi connectivity index (χ4v) is 5.16. The van der Waals surface area contributed by atoms with Gasteiger partial charge in [-0.25, -0.2) is 8.42 Å². The normalized spacial score (nSPS) is 11.1. The average Bonchev–Trinajstić information content (AvgIpc) is 2.88. The van der Waals surface area contributed by atoms with Crippen LogP contribution in [0.15, 0.2) is 114 Å². The Balaban J connectivity index is 1.65. The molecule has 0 radical (unpaired) electrons. The predicted octanol–water partition coefficient (Wildman–Crippen LogP) is 5.75. The van der Waals surface area contributed by atoms with E-state index >= 15 is 0 Å². The molecule has 0 saturated carbocycles. The minimum Gasteiger partial charge on any atom is -0.324 e. The average molecular weight is 471 g/mol. The number of hydrogen-bond acceptors (Lipinski definition) is 3. The Labute approximate surface area is 200 Å². The molecule has 4 aromatic carbocycles. The maximum Gasteiger partial charge on any atom is 0.264 e. The van der Waals surface area contributed by atoms with Crippen molar-refractivity contribution in [2.45, 2.75) is 18.2 Å². The van der Waals surface area contributed by atoms with Crippen LogP contribution in [0.2, 0.25) is 0 Å². The second-order valence-electron chi connectivity index (χ2n) is 7.80. The molecule has 0 fully saturated rings. The molecule has 34 heavy (non-hydrogen) atoms. The third kappa shape index (κ3) is 5.18. The van der Waals surface area contributed by atoms with Crippen LogP contribution in [0.25, 0.3) is 11.1 Å². The number of sulfonamides is 1. The second-order valence-corrected chi connectivity index (χ2v) is 9.67. The van der Waals surface area contributed by atoms with Crippen LogP contribution >= 0.6 is 0 Å². The molecule has 1 N–H and O–H groups in total. The van der Waals surface area contributed by atoms with Gasteiger partial charge >= 0.3 is 0 Å². The van der Waals surface area contributed by atoms with Crippen molar-refractivity contribution in [3.05, 3.63) is 115 Å². The number of benzene rings is 4. The molecule has 0 bridgehead atoms. The lowest BCUT2D eigenvalue weighted by Crippen LogP contribution is -2.38. The summed E-state index contributed by atoms with van der Waals surface area (Å²) < 4.78 is 28.2. The lowest BCUT2D eigenvalue weighted by molar-refractivity contribution is -0.114. The number of para-hydroxylation sites is 1. The number of nitrogens with zero attached hydrogens (tertiary/aromatic N) is 1. The molecule has 0 aliphatic carbocycles. The molecule has 0 atom stereocenters. The summed E-state index contributed by atoms with van der Waals surface area (Å²) in [5.41, 5.74) is 3.97. The van der Waals surface area contributed by atoms with E-state index in [9.17, 15) is 13.2 Å². The first-order valence-electron chi connectivity index (χ1n) is 11.1. The van der Waals surface area contributed by atoms with Crippen molar-refractivity contribution in [2.75, 3.05) is 16.2 Å². The van der Waals surface area contributed by atoms with Crippen LogP contribution in [-0.2, 0) is 21.2 Å². The largest absolute Gasteiger partial charge is 0.324 e. The van der Waals surface area contributed by atoms with E-state index < -0.39 is 15.9 Å². The molecule has 6 heteroatoms. The first kappa shape index (κ1) is 23.3. The molecule has 4 aromatic rings. The van der Waals surface area contributed by atoms with Crippen molar-refractivity contribution < 1.29 is 13.2 Å². The Bertz CT molecular complexity index is 1350. The quantitative estimate of drug-likeness (QED) is 0.357. The van der Waals surface area contributed by atoms with Crippen molar-refractivity contribution in [1.82, 2.24) is 0 Å². The number of nitrogens with one attached hydrogen (secondary N) is 1. The molecule has 0 heterocycles. The summed E-state index contributed by atoms with van der Waals surface area (Å²) in [6, 6.07) is 32.6. The molecule has 4 rings (SSSR count). The number of carbonyl (C=O) groups is 1. The van der Waals surface area contributed by atoms with Gasteiger partial charge in [0, 0.05) is 11.3 Å². The smallest absolute Gasteiger partial charge is 0.264 e. The highest BCUT2D eigenvalue weighted by Gasteiger charge is 2.27. The number of amides is 1. The van der Waals surface area contributed by atoms with Gasteiger partial charge in [0.15, 0.2) is 0 Å². The van der Waals surface area contributed by atoms with Gasteiger partial charge in [-0.3, -0.25) is 9.10 Å². The van der Waals surface area contributed by atoms with Crippen molar-refractivity contribution in [1.29, 1.82) is 0 Å². The third-order valence-electron chi connectivity index (χ3n) is 5.54. The maximum absolute atomic E-state index is 13.5. The van der Waals surface area contributed by atoms with Crippen LogP contribution in [0.3, 0.4) is 0 Å². The predicted molar refractivity (Wildman–Crippen MR) is 137 cm³/mol. The highest BCUT2D eigenvalue weighted by molar-refractivity contribution is 7.92. The lowest BCUT2D eigenvalue weighted by Gasteiger charge is -2.24. The van der Waals surface area contributed by atoms with Gasteiger partial charge in [-0.05, 0) is 47.9 Å². The van der Waals surface area contributed by atoms with E-state index in [2.05, 4.69) is 5.32 Å². The highest BCUT2D eigenvalue weighted by Crippen LogP contribution is 2.28. The number of hydrogen-bond donors (Lipinski definition) is 1. The van der Waals surface area contributed by atoms with E-state index in [0.29, 0.717) is 11.4 Å². The Morgan fingerprint density at radius 2 is 1.35 bits per heavy atom. The fraction of sp³-hybridized carbons (Fsp3) is 0.107. The van der Waals surface area contributed by atoms with Crippen LogP contribution < -0.4 is 9.62 Å². The van der Waals surface area contributed by atoms with E-state index in [1.807, 2.05) is 73.7 Å². The zero-order valence-electron chi connectivity index (χ0n) is 18.9. The monoisotopic (exact) mass is 470 g/mol. The Morgan fingerprint density at radius 1 is 0.765 bits per heavy atom. The van der Waals surface area contributed by atoms with Crippen LogP contribution in [0.1, 0.15) is 12.5 Å². The summed E-state index contributed by atoms with van der Waals surface area (Å²) >= 11 is 0. The molecule has 0 aliphatic rings. The third-order valence-corrected chi connectivity index (χ3v) is 7.33. The first-order valence-corrected chi connectivity index (χ1v) is 12.5. The summed E-state index contributed by atoms with van der Waals surface area (Å²) in [5, 5.41) is 2.91. The Kier molecular flexibility index (Phi) is 7.09. The van der Waals surface area contributed by atoms with Crippen molar-refractivity contribution in [3.8, 4) is 11.1 Å². The van der Waals surface area contributed by atoms with Crippen LogP contribution in [0.4, 0.5) is 11.4 Å². The Hall–Kier alpha value is -3.90. The van der Waals surface area contributed by atoms with Gasteiger partial charge < -0.3 is 5.32 Å². The fourth-order valence-electron chi connectivity index (χ4n) is 3.71. The summed E-state index contributed by atoms with van der Waals surface area (Å²) in [7, 11) is -3.95. The number of carbonyl (C=O) groups excluding carboxylic acids is 1. The van der Waals surface area contributed by atoms with E-state index in [1.54, 1.807) is 30.3 Å². The lowest BCUT2D eigenvalue weighted by atomic mass is 10.0. The molecule has 1 amide bonds. The zero-order valence-corrected chi connectivity index (χ0v) is 19.7. The Morgan fingerprint density at radius 3 is 2.00 bits per heavy atom. The number of aryl methyl sites for hydroxylation is 1. The molecule has 5 nitrogen and oxygen atoms in total. The van der Waals surface area contributed by atoms with Crippen molar-refractivity contribution >= 4 is 27.3 Å². The molecule has 0 saturated heterocycles. The molecular weight excluding hydrogens is 444 g/mol. The minimum absolute atomic E-state index is 0.132. The van der Waals surface area contributed by atoms with Crippen molar-refractivity contribution in [3.63, 3.8) is 0 Å². The van der Waals surface area contributed by atoms with Crippen LogP contribution in [0, 0.1) is 0 Å².